The predicted octanol–water partition coefficient (Wildman–Crippen LogP) is 11.6. The number of aliphatic hydroxyl groups is 2. The molecule has 0 unspecified atom stereocenters. The molecule has 0 aromatic heterocycles. The van der Waals surface area contributed by atoms with E-state index in [0.717, 1.165) is 51.4 Å². The molecule has 0 rings (SSSR count). The van der Waals surface area contributed by atoms with Gasteiger partial charge in [0.1, 0.15) is 0 Å². The van der Waals surface area contributed by atoms with Gasteiger partial charge in [0, 0.05) is 54.1 Å². The minimum atomic E-state index is -0.570. The van der Waals surface area contributed by atoms with Gasteiger partial charge in [-0.1, -0.05) is 176 Å². The largest absolute Gasteiger partial charge is 0.481 e. The van der Waals surface area contributed by atoms with E-state index in [-0.39, 0.29) is 40.8 Å². The molecule has 5 heteroatoms. The van der Waals surface area contributed by atoms with Gasteiger partial charge in [0.25, 0.3) is 0 Å². The Bertz CT molecular complexity index is 419. The summed E-state index contributed by atoms with van der Waals surface area (Å²) in [4.78, 5) is 11.6. The molecule has 0 aliphatic heterocycles. The Balaban J connectivity index is -0.000000260. The Morgan fingerprint density at radius 3 is 0.927 bits per heavy atom. The monoisotopic (exact) mass is 714 g/mol. The summed E-state index contributed by atoms with van der Waals surface area (Å²) >= 11 is 0. The molecule has 0 spiro atoms. The van der Waals surface area contributed by atoms with Crippen molar-refractivity contribution in [2.45, 2.75) is 208 Å². The standard InChI is InChI=1S/C16H32O2.2C10H22O.Nd/c1-4-7-8-9-10-11-14-16(12-5-2,13-6-3)15(17)18;2*1-2-3-4-5-6-7-8-9-10-11;/h4-14H2,1-3H3,(H,17,18);2*11H,2-10H2,1H3;. The molecule has 4 nitrogen and oxygen atoms in total. The molecule has 41 heavy (non-hydrogen) atoms. The Labute approximate surface area is 291 Å². The van der Waals surface area contributed by atoms with E-state index in [9.17, 15) is 9.90 Å². The van der Waals surface area contributed by atoms with Crippen molar-refractivity contribution in [1.29, 1.82) is 0 Å². The third kappa shape index (κ3) is 38.7. The van der Waals surface area contributed by atoms with E-state index in [4.69, 9.17) is 10.2 Å². The van der Waals surface area contributed by atoms with Crippen molar-refractivity contribution in [3.8, 4) is 0 Å². The van der Waals surface area contributed by atoms with Gasteiger partial charge >= 0.3 is 5.97 Å². The molecule has 0 aliphatic rings. The SMILES string of the molecule is CCCCCCCCC(CCC)(CCC)C(=O)O.CCCCCCCCCCO.CCCCCCCCCCO.[Nd]. The van der Waals surface area contributed by atoms with Crippen LogP contribution in [0.1, 0.15) is 208 Å². The molecule has 0 aromatic carbocycles. The van der Waals surface area contributed by atoms with Gasteiger partial charge in [0.2, 0.25) is 0 Å². The fraction of sp³-hybridized carbons (Fsp3) is 0.972. The number of unbranched alkanes of at least 4 members (excludes halogenated alkanes) is 19. The van der Waals surface area contributed by atoms with Gasteiger partial charge in [-0.3, -0.25) is 4.79 Å². The Morgan fingerprint density at radius 1 is 0.415 bits per heavy atom. The van der Waals surface area contributed by atoms with Crippen molar-refractivity contribution < 1.29 is 61.0 Å². The normalized spacial score (nSPS) is 10.7. The summed E-state index contributed by atoms with van der Waals surface area (Å²) in [5.41, 5.74) is -0.436. The van der Waals surface area contributed by atoms with Crippen molar-refractivity contribution in [3.05, 3.63) is 0 Å². The first-order valence-electron chi connectivity index (χ1n) is 17.9. The van der Waals surface area contributed by atoms with Gasteiger partial charge in [0.05, 0.1) is 5.41 Å². The first-order valence-corrected chi connectivity index (χ1v) is 17.9. The first kappa shape index (κ1) is 48.6. The average molecular weight is 717 g/mol. The van der Waals surface area contributed by atoms with Crippen molar-refractivity contribution in [1.82, 2.24) is 0 Å². The van der Waals surface area contributed by atoms with E-state index < -0.39 is 11.4 Å². The number of hydrogen-bond donors (Lipinski definition) is 3. The fourth-order valence-electron chi connectivity index (χ4n) is 5.39. The molecule has 0 heterocycles. The molecule has 3 N–H and O–H groups in total. The number of carbonyl (C=O) groups is 1. The number of rotatable bonds is 28. The topological polar surface area (TPSA) is 77.8 Å². The summed E-state index contributed by atoms with van der Waals surface area (Å²) in [6.45, 7) is 11.6. The second kappa shape index (κ2) is 42.9. The molecule has 0 aromatic rings. The number of aliphatic carboxylic acids is 1. The molecule has 0 fully saturated rings. The summed E-state index contributed by atoms with van der Waals surface area (Å²) in [5, 5.41) is 26.5. The summed E-state index contributed by atoms with van der Waals surface area (Å²) in [5.74, 6) is -0.570. The van der Waals surface area contributed by atoms with Crippen LogP contribution in [0.3, 0.4) is 0 Å². The van der Waals surface area contributed by atoms with E-state index >= 15 is 0 Å². The predicted molar refractivity (Wildman–Crippen MR) is 177 cm³/mol. The van der Waals surface area contributed by atoms with E-state index in [1.807, 2.05) is 0 Å². The summed E-state index contributed by atoms with van der Waals surface area (Å²) in [7, 11) is 0. The molecule has 0 bridgehead atoms. The molecule has 0 amide bonds. The minimum Gasteiger partial charge on any atom is -0.481 e. The van der Waals surface area contributed by atoms with Gasteiger partial charge in [-0.05, 0) is 32.1 Å². The maximum Gasteiger partial charge on any atom is 0.309 e. The van der Waals surface area contributed by atoms with E-state index in [2.05, 4.69) is 34.6 Å². The minimum absolute atomic E-state index is 0. The van der Waals surface area contributed by atoms with Crippen LogP contribution in [0.2, 0.25) is 0 Å². The van der Waals surface area contributed by atoms with Gasteiger partial charge in [0.15, 0.2) is 0 Å². The Morgan fingerprint density at radius 2 is 0.683 bits per heavy atom. The number of carboxylic acids is 1. The van der Waals surface area contributed by atoms with Crippen LogP contribution in [0.15, 0.2) is 0 Å². The Hall–Kier alpha value is 0.741. The molecule has 0 saturated carbocycles. The van der Waals surface area contributed by atoms with Gasteiger partial charge < -0.3 is 15.3 Å². The smallest absolute Gasteiger partial charge is 0.309 e. The average Bonchev–Trinajstić information content (AvgIpc) is 2.95. The van der Waals surface area contributed by atoms with E-state index in [0.29, 0.717) is 13.2 Å². The van der Waals surface area contributed by atoms with Crippen LogP contribution < -0.4 is 0 Å². The van der Waals surface area contributed by atoms with Crippen molar-refractivity contribution >= 4 is 5.97 Å². The van der Waals surface area contributed by atoms with E-state index in [1.54, 1.807) is 0 Å². The molecular weight excluding hydrogens is 641 g/mol. The van der Waals surface area contributed by atoms with Gasteiger partial charge in [-0.15, -0.1) is 0 Å². The van der Waals surface area contributed by atoms with Crippen LogP contribution in [-0.4, -0.2) is 34.5 Å². The maximum atomic E-state index is 11.6. The van der Waals surface area contributed by atoms with Crippen LogP contribution in [0.4, 0.5) is 0 Å². The molecule has 0 radical (unpaired) electrons. The molecular formula is C36H76NdO4. The molecule has 0 atom stereocenters. The zero-order valence-corrected chi connectivity index (χ0v) is 32.0. The van der Waals surface area contributed by atoms with Crippen LogP contribution in [-0.2, 0) is 4.79 Å². The second-order valence-electron chi connectivity index (χ2n) is 12.0. The van der Waals surface area contributed by atoms with Crippen LogP contribution in [0.25, 0.3) is 0 Å². The third-order valence-electron chi connectivity index (χ3n) is 7.94. The van der Waals surface area contributed by atoms with Crippen molar-refractivity contribution in [2.24, 2.45) is 5.41 Å². The van der Waals surface area contributed by atoms with E-state index in [1.165, 1.54) is 122 Å². The maximum absolute atomic E-state index is 11.6. The third-order valence-corrected chi connectivity index (χ3v) is 7.94. The number of aliphatic hydroxyl groups excluding tert-OH is 2. The summed E-state index contributed by atoms with van der Waals surface area (Å²) in [6, 6.07) is 0. The summed E-state index contributed by atoms with van der Waals surface area (Å²) in [6.07, 6.45) is 32.7. The zero-order chi connectivity index (χ0) is 30.6. The molecule has 0 aliphatic carbocycles. The van der Waals surface area contributed by atoms with Crippen LogP contribution in [0.5, 0.6) is 0 Å². The van der Waals surface area contributed by atoms with Gasteiger partial charge in [-0.2, -0.15) is 0 Å². The van der Waals surface area contributed by atoms with Crippen molar-refractivity contribution in [2.75, 3.05) is 13.2 Å². The van der Waals surface area contributed by atoms with Crippen LogP contribution >= 0.6 is 0 Å². The first-order chi connectivity index (χ1) is 19.5. The molecule has 0 saturated heterocycles. The zero-order valence-electron chi connectivity index (χ0n) is 28.8. The van der Waals surface area contributed by atoms with Crippen molar-refractivity contribution in [3.63, 3.8) is 0 Å². The quantitative estimate of drug-likeness (QED) is 0.0705. The fourth-order valence-corrected chi connectivity index (χ4v) is 5.39. The molecule has 248 valence electrons. The second-order valence-corrected chi connectivity index (χ2v) is 12.0. The number of hydrogen-bond acceptors (Lipinski definition) is 3. The Kier molecular flexibility index (Phi) is 50.9. The van der Waals surface area contributed by atoms with Gasteiger partial charge in [-0.25, -0.2) is 0 Å². The van der Waals surface area contributed by atoms with Crippen LogP contribution in [0, 0.1) is 46.3 Å². The summed E-state index contributed by atoms with van der Waals surface area (Å²) < 4.78 is 0. The number of carboxylic acid groups (broad SMARTS) is 1.